The van der Waals surface area contributed by atoms with Crippen molar-refractivity contribution < 1.29 is 34.0 Å². The predicted octanol–water partition coefficient (Wildman–Crippen LogP) is 3.26. The molecule has 1 saturated heterocycles. The molecule has 1 aromatic heterocycles. The molecule has 294 valence electrons. The molecule has 2 unspecified atom stereocenters. The molecule has 0 bridgehead atoms. The molecular formula is C40H46N8O8. The number of hydrogen-bond acceptors (Lipinski definition) is 10. The van der Waals surface area contributed by atoms with E-state index in [0.717, 1.165) is 42.9 Å². The van der Waals surface area contributed by atoms with Gasteiger partial charge in [0.2, 0.25) is 17.6 Å². The number of nitro groups is 1. The second-order valence-corrected chi connectivity index (χ2v) is 15.3. The van der Waals surface area contributed by atoms with Gasteiger partial charge in [0.05, 0.1) is 22.9 Å². The van der Waals surface area contributed by atoms with E-state index in [9.17, 15) is 39.2 Å². The third kappa shape index (κ3) is 9.08. The van der Waals surface area contributed by atoms with Crippen molar-refractivity contribution in [2.24, 2.45) is 11.7 Å². The average molecular weight is 767 g/mol. The molecule has 4 aromatic rings. The molecule has 0 radical (unpaired) electrons. The topological polar surface area (TPSA) is 233 Å². The highest BCUT2D eigenvalue weighted by Crippen LogP contribution is 2.34. The number of primary amides is 1. The molecule has 3 aromatic carbocycles. The standard InChI is InChI=1S/C40H46N8O8/c1-40(2,54)34-22-42-45-47(34)30-21-33(38(52)43-31(35(49)36(41)50)18-25-12-16-29(17-13-25)48(55)56)46(23-30)39(53)32(19-24-8-4-3-5-9-24)44-37(51)28-15-14-26-10-6-7-11-27(26)20-28/h6-7,10-17,20,22,24,30-33,54H,3-5,8-9,18-19,21,23H2,1-2H3,(H2,41,50)(H,43,52)(H,44,51)/t30-,31?,32?,33-/m0/s1. The summed E-state index contributed by atoms with van der Waals surface area (Å²) >= 11 is 0. The quantitative estimate of drug-likeness (QED) is 0.0831. The van der Waals surface area contributed by atoms with Crippen molar-refractivity contribution in [3.8, 4) is 0 Å². The van der Waals surface area contributed by atoms with Crippen LogP contribution in [0.1, 0.15) is 86.5 Å². The van der Waals surface area contributed by atoms with Gasteiger partial charge in [-0.25, -0.2) is 4.68 Å². The van der Waals surface area contributed by atoms with Crippen molar-refractivity contribution in [3.63, 3.8) is 0 Å². The van der Waals surface area contributed by atoms with Crippen molar-refractivity contribution in [1.29, 1.82) is 0 Å². The van der Waals surface area contributed by atoms with Crippen LogP contribution in [-0.2, 0) is 31.2 Å². The predicted molar refractivity (Wildman–Crippen MR) is 204 cm³/mol. The van der Waals surface area contributed by atoms with E-state index in [1.807, 2.05) is 30.3 Å². The fraction of sp³-hybridized carbons (Fsp3) is 0.425. The summed E-state index contributed by atoms with van der Waals surface area (Å²) in [6, 6.07) is 13.9. The number of nitrogens with two attached hydrogens (primary N) is 1. The van der Waals surface area contributed by atoms with Crippen LogP contribution in [0.4, 0.5) is 5.69 Å². The van der Waals surface area contributed by atoms with Crippen molar-refractivity contribution in [2.75, 3.05) is 6.54 Å². The zero-order chi connectivity index (χ0) is 40.1. The van der Waals surface area contributed by atoms with E-state index in [2.05, 4.69) is 20.9 Å². The number of benzene rings is 3. The molecule has 4 amide bonds. The monoisotopic (exact) mass is 766 g/mol. The summed E-state index contributed by atoms with van der Waals surface area (Å²) in [6.45, 7) is 3.07. The third-order valence-corrected chi connectivity index (χ3v) is 10.8. The maximum absolute atomic E-state index is 14.9. The normalized spacial score (nSPS) is 18.6. The smallest absolute Gasteiger partial charge is 0.287 e. The zero-order valence-electron chi connectivity index (χ0n) is 31.3. The van der Waals surface area contributed by atoms with Crippen LogP contribution in [0.25, 0.3) is 10.8 Å². The lowest BCUT2D eigenvalue weighted by Crippen LogP contribution is -2.56. The van der Waals surface area contributed by atoms with Crippen LogP contribution in [0, 0.1) is 16.0 Å². The minimum Gasteiger partial charge on any atom is -0.384 e. The molecule has 5 N–H and O–H groups in total. The molecular weight excluding hydrogens is 720 g/mol. The summed E-state index contributed by atoms with van der Waals surface area (Å²) in [5.41, 5.74) is 4.95. The Balaban J connectivity index is 1.32. The largest absolute Gasteiger partial charge is 0.384 e. The van der Waals surface area contributed by atoms with Crippen molar-refractivity contribution >= 4 is 45.9 Å². The van der Waals surface area contributed by atoms with Gasteiger partial charge in [0.15, 0.2) is 0 Å². The Hall–Kier alpha value is -6.03. The number of non-ortho nitro benzene ring substituents is 1. The minimum atomic E-state index is -1.46. The molecule has 16 nitrogen and oxygen atoms in total. The Morgan fingerprint density at radius 1 is 0.964 bits per heavy atom. The van der Waals surface area contributed by atoms with Gasteiger partial charge in [-0.2, -0.15) is 0 Å². The first-order valence-electron chi connectivity index (χ1n) is 18.8. The molecule has 2 fully saturated rings. The minimum absolute atomic E-state index is 0.00615. The van der Waals surface area contributed by atoms with Gasteiger partial charge in [-0.1, -0.05) is 79.8 Å². The number of aliphatic hydroxyl groups is 1. The zero-order valence-corrected chi connectivity index (χ0v) is 31.3. The maximum Gasteiger partial charge on any atom is 0.287 e. The summed E-state index contributed by atoms with van der Waals surface area (Å²) in [7, 11) is 0. The number of likely N-dealkylation sites (tertiary alicyclic amines) is 1. The highest BCUT2D eigenvalue weighted by Gasteiger charge is 2.45. The van der Waals surface area contributed by atoms with Gasteiger partial charge >= 0.3 is 0 Å². The van der Waals surface area contributed by atoms with Crippen LogP contribution >= 0.6 is 0 Å². The van der Waals surface area contributed by atoms with E-state index >= 15 is 0 Å². The van der Waals surface area contributed by atoms with Gasteiger partial charge in [0.1, 0.15) is 23.7 Å². The van der Waals surface area contributed by atoms with Crippen LogP contribution in [0.5, 0.6) is 0 Å². The van der Waals surface area contributed by atoms with Gasteiger partial charge < -0.3 is 26.4 Å². The lowest BCUT2D eigenvalue weighted by molar-refractivity contribution is -0.384. The van der Waals surface area contributed by atoms with Gasteiger partial charge in [-0.3, -0.25) is 34.1 Å². The van der Waals surface area contributed by atoms with E-state index in [-0.39, 0.29) is 31.0 Å². The molecule has 1 saturated carbocycles. The van der Waals surface area contributed by atoms with E-state index in [0.29, 0.717) is 23.2 Å². The molecule has 6 rings (SSSR count). The van der Waals surface area contributed by atoms with Crippen LogP contribution < -0.4 is 16.4 Å². The third-order valence-electron chi connectivity index (χ3n) is 10.8. The van der Waals surface area contributed by atoms with Gasteiger partial charge in [-0.15, -0.1) is 5.10 Å². The number of amides is 4. The molecule has 0 spiro atoms. The van der Waals surface area contributed by atoms with Crippen molar-refractivity contribution in [2.45, 2.75) is 95.0 Å². The highest BCUT2D eigenvalue weighted by molar-refractivity contribution is 6.38. The Morgan fingerprint density at radius 2 is 1.66 bits per heavy atom. The Kier molecular flexibility index (Phi) is 11.9. The fourth-order valence-corrected chi connectivity index (χ4v) is 7.82. The van der Waals surface area contributed by atoms with Crippen LogP contribution in [0.2, 0.25) is 0 Å². The molecule has 1 aliphatic heterocycles. The Bertz CT molecular complexity index is 2120. The second-order valence-electron chi connectivity index (χ2n) is 15.3. The van der Waals surface area contributed by atoms with E-state index in [4.69, 9.17) is 5.73 Å². The fourth-order valence-electron chi connectivity index (χ4n) is 7.82. The lowest BCUT2D eigenvalue weighted by Gasteiger charge is -2.32. The molecule has 2 heterocycles. The number of fused-ring (bicyclic) bond motifs is 1. The van der Waals surface area contributed by atoms with Gasteiger partial charge in [0, 0.05) is 37.1 Å². The van der Waals surface area contributed by atoms with Crippen LogP contribution in [0.3, 0.4) is 0 Å². The number of Topliss-reactive ketones (excluding diaryl/α,β-unsaturated/α-hetero) is 1. The number of nitrogens with one attached hydrogen (secondary N) is 2. The first-order valence-corrected chi connectivity index (χ1v) is 18.8. The molecule has 1 aliphatic carbocycles. The lowest BCUT2D eigenvalue weighted by atomic mass is 9.84. The SMILES string of the molecule is CC(C)(O)c1cnnn1[C@H]1C[C@@H](C(=O)NC(Cc2ccc([N+](=O)[O-])cc2)C(=O)C(N)=O)N(C(=O)C(CC2CCCCC2)NC(=O)c2ccc3ccccc3c2)C1. The number of rotatable bonds is 14. The summed E-state index contributed by atoms with van der Waals surface area (Å²) in [5, 5.41) is 37.7. The first-order chi connectivity index (χ1) is 26.7. The van der Waals surface area contributed by atoms with Gasteiger partial charge in [-0.05, 0) is 54.7 Å². The number of aromatic nitrogens is 3. The molecule has 2 aliphatic rings. The van der Waals surface area contributed by atoms with Crippen molar-refractivity contribution in [1.82, 2.24) is 30.5 Å². The first kappa shape index (κ1) is 39.7. The maximum atomic E-state index is 14.9. The summed E-state index contributed by atoms with van der Waals surface area (Å²) < 4.78 is 1.47. The number of hydrogen-bond donors (Lipinski definition) is 4. The number of carbonyl (C=O) groups excluding carboxylic acids is 5. The molecule has 4 atom stereocenters. The molecule has 56 heavy (non-hydrogen) atoms. The van der Waals surface area contributed by atoms with E-state index < -0.39 is 64.1 Å². The molecule has 16 heteroatoms. The van der Waals surface area contributed by atoms with E-state index in [1.165, 1.54) is 40.0 Å². The summed E-state index contributed by atoms with van der Waals surface area (Å²) in [5.74, 6) is -3.96. The summed E-state index contributed by atoms with van der Waals surface area (Å²) in [4.78, 5) is 80.3. The van der Waals surface area contributed by atoms with Crippen LogP contribution in [-0.4, -0.2) is 84.0 Å². The number of nitrogens with zero attached hydrogens (tertiary/aromatic N) is 5. The second kappa shape index (κ2) is 16.8. The number of nitro benzene ring substituents is 1. The average Bonchev–Trinajstić information content (AvgIpc) is 3.86. The van der Waals surface area contributed by atoms with E-state index in [1.54, 1.807) is 26.0 Å². The van der Waals surface area contributed by atoms with Crippen molar-refractivity contribution in [3.05, 3.63) is 99.9 Å². The Labute approximate surface area is 322 Å². The number of carbonyl (C=O) groups is 5. The Morgan fingerprint density at radius 3 is 2.32 bits per heavy atom. The summed E-state index contributed by atoms with van der Waals surface area (Å²) in [6.07, 6.45) is 6.37. The highest BCUT2D eigenvalue weighted by atomic mass is 16.6. The van der Waals surface area contributed by atoms with Crippen LogP contribution in [0.15, 0.2) is 72.9 Å². The number of ketones is 1. The van der Waals surface area contributed by atoms with Gasteiger partial charge in [0.25, 0.3) is 17.5 Å².